The lowest BCUT2D eigenvalue weighted by Gasteiger charge is -2.21. The maximum absolute atomic E-state index is 12.6. The van der Waals surface area contributed by atoms with E-state index in [0.29, 0.717) is 16.7 Å². The minimum atomic E-state index is -0.185. The summed E-state index contributed by atoms with van der Waals surface area (Å²) in [6.07, 6.45) is 3.26. The van der Waals surface area contributed by atoms with Gasteiger partial charge in [0, 0.05) is 23.7 Å². The molecule has 0 N–H and O–H groups in total. The average Bonchev–Trinajstić information content (AvgIpc) is 3.16. The van der Waals surface area contributed by atoms with E-state index in [-0.39, 0.29) is 5.91 Å². The Morgan fingerprint density at radius 2 is 1.78 bits per heavy atom. The average molecular weight is 413 g/mol. The van der Waals surface area contributed by atoms with Crippen LogP contribution in [-0.4, -0.2) is 22.0 Å². The first-order valence-corrected chi connectivity index (χ1v) is 11.9. The number of nitrogens with zero attached hydrogens (tertiary/aromatic N) is 2. The number of carbonyl (C=O) groups excluding carboxylic acids is 1. The molecule has 1 aliphatic rings. The molecule has 0 saturated carbocycles. The minimum Gasteiger partial charge on any atom is -0.319 e. The number of thioether (sulfide) groups is 2. The van der Waals surface area contributed by atoms with Crippen LogP contribution >= 0.6 is 34.9 Å². The summed E-state index contributed by atoms with van der Waals surface area (Å²) in [6.45, 7) is 0.714. The molecule has 6 heteroatoms. The SMILES string of the molecule is O=C(N=c1sccn1Cc1ccccc1)c1ccc(C2SCCCS2)cc1. The molecule has 3 aromatic rings. The Balaban J connectivity index is 1.51. The maximum Gasteiger partial charge on any atom is 0.279 e. The van der Waals surface area contributed by atoms with Gasteiger partial charge in [0.15, 0.2) is 4.80 Å². The van der Waals surface area contributed by atoms with E-state index in [1.54, 1.807) is 0 Å². The zero-order chi connectivity index (χ0) is 18.5. The second kappa shape index (κ2) is 8.95. The third-order valence-corrected chi connectivity index (χ3v) is 8.12. The Bertz CT molecular complexity index is 955. The van der Waals surface area contributed by atoms with Crippen molar-refractivity contribution in [3.63, 3.8) is 0 Å². The Morgan fingerprint density at radius 1 is 1.04 bits per heavy atom. The molecule has 2 heterocycles. The number of rotatable bonds is 4. The van der Waals surface area contributed by atoms with Crippen molar-refractivity contribution < 1.29 is 4.79 Å². The predicted molar refractivity (Wildman–Crippen MR) is 116 cm³/mol. The van der Waals surface area contributed by atoms with Crippen LogP contribution < -0.4 is 4.80 Å². The molecular weight excluding hydrogens is 392 g/mol. The molecule has 1 aromatic heterocycles. The van der Waals surface area contributed by atoms with Crippen molar-refractivity contribution in [2.45, 2.75) is 17.5 Å². The summed E-state index contributed by atoms with van der Waals surface area (Å²) in [7, 11) is 0. The van der Waals surface area contributed by atoms with Gasteiger partial charge in [0.2, 0.25) is 0 Å². The monoisotopic (exact) mass is 412 g/mol. The van der Waals surface area contributed by atoms with Crippen LogP contribution in [0.1, 0.15) is 32.5 Å². The van der Waals surface area contributed by atoms with Crippen LogP contribution in [0.3, 0.4) is 0 Å². The summed E-state index contributed by atoms with van der Waals surface area (Å²) < 4.78 is 2.51. The first kappa shape index (κ1) is 18.6. The molecule has 27 heavy (non-hydrogen) atoms. The van der Waals surface area contributed by atoms with Crippen LogP contribution in [-0.2, 0) is 6.54 Å². The molecule has 0 atom stereocenters. The highest BCUT2D eigenvalue weighted by atomic mass is 32.2. The van der Waals surface area contributed by atoms with Crippen LogP contribution in [0.4, 0.5) is 0 Å². The van der Waals surface area contributed by atoms with Gasteiger partial charge in [-0.25, -0.2) is 0 Å². The molecule has 1 aliphatic heterocycles. The summed E-state index contributed by atoms with van der Waals surface area (Å²) in [5, 5.41) is 1.97. The molecule has 2 aromatic carbocycles. The second-order valence-corrected chi connectivity index (χ2v) is 9.86. The van der Waals surface area contributed by atoms with Crippen molar-refractivity contribution in [3.8, 4) is 0 Å². The van der Waals surface area contributed by atoms with Gasteiger partial charge in [0.25, 0.3) is 5.91 Å². The molecular formula is C21H20N2OS3. The molecule has 1 saturated heterocycles. The van der Waals surface area contributed by atoms with Crippen molar-refractivity contribution in [1.29, 1.82) is 0 Å². The van der Waals surface area contributed by atoms with Crippen LogP contribution in [0.15, 0.2) is 71.2 Å². The van der Waals surface area contributed by atoms with Crippen LogP contribution in [0, 0.1) is 0 Å². The lowest BCUT2D eigenvalue weighted by Crippen LogP contribution is -2.17. The largest absolute Gasteiger partial charge is 0.319 e. The van der Waals surface area contributed by atoms with E-state index in [1.807, 2.05) is 70.0 Å². The van der Waals surface area contributed by atoms with Gasteiger partial charge >= 0.3 is 0 Å². The molecule has 0 aliphatic carbocycles. The van der Waals surface area contributed by atoms with Crippen molar-refractivity contribution >= 4 is 40.8 Å². The van der Waals surface area contributed by atoms with Crippen LogP contribution in [0.2, 0.25) is 0 Å². The summed E-state index contributed by atoms with van der Waals surface area (Å²) in [5.74, 6) is 2.25. The number of carbonyl (C=O) groups is 1. The molecule has 3 nitrogen and oxygen atoms in total. The highest BCUT2D eigenvalue weighted by Gasteiger charge is 2.17. The third-order valence-electron chi connectivity index (χ3n) is 4.31. The van der Waals surface area contributed by atoms with Gasteiger partial charge in [0.1, 0.15) is 0 Å². The van der Waals surface area contributed by atoms with E-state index in [2.05, 4.69) is 29.3 Å². The molecule has 4 rings (SSSR count). The fourth-order valence-electron chi connectivity index (χ4n) is 2.90. The molecule has 0 spiro atoms. The fourth-order valence-corrected chi connectivity index (χ4v) is 6.52. The van der Waals surface area contributed by atoms with Gasteiger partial charge in [-0.15, -0.1) is 34.9 Å². The smallest absolute Gasteiger partial charge is 0.279 e. The topological polar surface area (TPSA) is 34.4 Å². The van der Waals surface area contributed by atoms with E-state index >= 15 is 0 Å². The van der Waals surface area contributed by atoms with Crippen molar-refractivity contribution in [2.24, 2.45) is 4.99 Å². The Labute approximate surface area is 171 Å². The molecule has 0 radical (unpaired) electrons. The highest BCUT2D eigenvalue weighted by molar-refractivity contribution is 8.16. The van der Waals surface area contributed by atoms with E-state index in [4.69, 9.17) is 0 Å². The Hall–Kier alpha value is -1.76. The van der Waals surface area contributed by atoms with Crippen LogP contribution in [0.5, 0.6) is 0 Å². The number of aromatic nitrogens is 1. The first-order chi connectivity index (χ1) is 13.3. The molecule has 1 fully saturated rings. The normalized spacial score (nSPS) is 15.8. The first-order valence-electron chi connectivity index (χ1n) is 8.90. The molecule has 1 amide bonds. The number of hydrogen-bond acceptors (Lipinski definition) is 4. The lowest BCUT2D eigenvalue weighted by molar-refractivity contribution is 0.0998. The van der Waals surface area contributed by atoms with Gasteiger partial charge in [-0.3, -0.25) is 4.79 Å². The summed E-state index contributed by atoms with van der Waals surface area (Å²) in [5.41, 5.74) is 3.12. The van der Waals surface area contributed by atoms with Crippen LogP contribution in [0.25, 0.3) is 0 Å². The predicted octanol–water partition coefficient (Wildman–Crippen LogP) is 5.21. The zero-order valence-electron chi connectivity index (χ0n) is 14.8. The summed E-state index contributed by atoms with van der Waals surface area (Å²) in [4.78, 5) is 17.7. The minimum absolute atomic E-state index is 0.185. The van der Waals surface area contributed by atoms with Gasteiger partial charge < -0.3 is 4.57 Å². The van der Waals surface area contributed by atoms with E-state index in [0.717, 1.165) is 4.80 Å². The van der Waals surface area contributed by atoms with E-state index in [9.17, 15) is 4.79 Å². The number of hydrogen-bond donors (Lipinski definition) is 0. The third kappa shape index (κ3) is 4.75. The van der Waals surface area contributed by atoms with Gasteiger partial charge in [-0.1, -0.05) is 42.5 Å². The number of amides is 1. The lowest BCUT2D eigenvalue weighted by atomic mass is 10.1. The second-order valence-electron chi connectivity index (χ2n) is 6.27. The maximum atomic E-state index is 12.6. The summed E-state index contributed by atoms with van der Waals surface area (Å²) >= 11 is 5.47. The molecule has 138 valence electrons. The number of thiazole rings is 1. The Kier molecular flexibility index (Phi) is 6.17. The zero-order valence-corrected chi connectivity index (χ0v) is 17.2. The van der Waals surface area contributed by atoms with Gasteiger partial charge in [-0.05, 0) is 41.2 Å². The highest BCUT2D eigenvalue weighted by Crippen LogP contribution is 2.43. The van der Waals surface area contributed by atoms with Gasteiger partial charge in [0.05, 0.1) is 4.58 Å². The van der Waals surface area contributed by atoms with Crippen molar-refractivity contribution in [1.82, 2.24) is 4.57 Å². The standard InChI is InChI=1S/C21H20N2OS3/c24-19(17-7-9-18(10-8-17)20-25-12-4-13-26-20)22-21-23(11-14-27-21)15-16-5-2-1-3-6-16/h1-3,5-11,14,20H,4,12-13,15H2. The molecule has 0 unspecified atom stereocenters. The quantitative estimate of drug-likeness (QED) is 0.590. The van der Waals surface area contributed by atoms with Crippen molar-refractivity contribution in [3.05, 3.63) is 87.7 Å². The Morgan fingerprint density at radius 3 is 2.52 bits per heavy atom. The van der Waals surface area contributed by atoms with Gasteiger partial charge in [-0.2, -0.15) is 4.99 Å². The number of benzene rings is 2. The van der Waals surface area contributed by atoms with Crippen molar-refractivity contribution in [2.75, 3.05) is 11.5 Å². The summed E-state index contributed by atoms with van der Waals surface area (Å²) in [6, 6.07) is 18.2. The van der Waals surface area contributed by atoms with E-state index < -0.39 is 0 Å². The van der Waals surface area contributed by atoms with E-state index in [1.165, 1.54) is 40.4 Å². The molecule has 0 bridgehead atoms. The fraction of sp³-hybridized carbons (Fsp3) is 0.238.